The molecular formula is C21H27OP. The normalized spacial score (nSPS) is 17.0. The smallest absolute Gasteiger partial charge is 0.158 e. The van der Waals surface area contributed by atoms with Gasteiger partial charge in [0.05, 0.1) is 0 Å². The largest absolute Gasteiger partial charge is 0.295 e. The Labute approximate surface area is 142 Å². The standard InChI is InChI=1S/C21H27OP/c1-15(14-17-9-5-6-11-20(17)23)8-7-10-18-16(2)19(22)12-13-21(18,3)4/h5-7,9,11H,10,12-14,23H2,1-4H3. The van der Waals surface area contributed by atoms with Crippen LogP contribution in [0.1, 0.15) is 52.5 Å². The number of carbonyl (C=O) groups excluding carboxylic acids is 1. The van der Waals surface area contributed by atoms with E-state index in [-0.39, 0.29) is 5.41 Å². The molecule has 2 heteroatoms. The van der Waals surface area contributed by atoms with Crippen molar-refractivity contribution in [1.82, 2.24) is 0 Å². The number of Topliss-reactive ketones (excluding diaryl/α,β-unsaturated/α-hetero) is 1. The highest BCUT2D eigenvalue weighted by Gasteiger charge is 2.31. The van der Waals surface area contributed by atoms with E-state index in [4.69, 9.17) is 0 Å². The minimum absolute atomic E-state index is 0.122. The highest BCUT2D eigenvalue weighted by molar-refractivity contribution is 7.27. The van der Waals surface area contributed by atoms with Crippen molar-refractivity contribution in [2.24, 2.45) is 5.41 Å². The van der Waals surface area contributed by atoms with Crippen molar-refractivity contribution in [2.75, 3.05) is 0 Å². The van der Waals surface area contributed by atoms with Crippen LogP contribution in [0, 0.1) is 5.41 Å². The summed E-state index contributed by atoms with van der Waals surface area (Å²) in [6.45, 7) is 8.58. The van der Waals surface area contributed by atoms with Crippen LogP contribution in [0.5, 0.6) is 0 Å². The second-order valence-electron chi connectivity index (χ2n) is 7.12. The number of benzene rings is 1. The summed E-state index contributed by atoms with van der Waals surface area (Å²) in [5.74, 6) is 0.311. The molecule has 1 aliphatic rings. The molecule has 1 atom stereocenters. The first-order valence-corrected chi connectivity index (χ1v) is 8.86. The molecule has 0 fully saturated rings. The zero-order valence-electron chi connectivity index (χ0n) is 14.7. The third-order valence-corrected chi connectivity index (χ3v) is 5.39. The molecule has 122 valence electrons. The topological polar surface area (TPSA) is 17.1 Å². The van der Waals surface area contributed by atoms with Crippen LogP contribution in [0.15, 0.2) is 52.8 Å². The fourth-order valence-corrected chi connectivity index (χ4v) is 3.54. The van der Waals surface area contributed by atoms with Crippen LogP contribution < -0.4 is 5.30 Å². The van der Waals surface area contributed by atoms with E-state index in [0.29, 0.717) is 12.2 Å². The summed E-state index contributed by atoms with van der Waals surface area (Å²) < 4.78 is 0. The molecular weight excluding hydrogens is 299 g/mol. The molecule has 0 amide bonds. The van der Waals surface area contributed by atoms with Gasteiger partial charge in [0.2, 0.25) is 0 Å². The molecule has 23 heavy (non-hydrogen) atoms. The van der Waals surface area contributed by atoms with Crippen molar-refractivity contribution in [3.05, 3.63) is 58.4 Å². The van der Waals surface area contributed by atoms with Gasteiger partial charge in [0.25, 0.3) is 0 Å². The van der Waals surface area contributed by atoms with Crippen LogP contribution in [-0.2, 0) is 11.2 Å². The van der Waals surface area contributed by atoms with E-state index < -0.39 is 0 Å². The Kier molecular flexibility index (Phi) is 5.79. The van der Waals surface area contributed by atoms with Crippen molar-refractivity contribution < 1.29 is 4.79 Å². The lowest BCUT2D eigenvalue weighted by Gasteiger charge is -2.33. The average molecular weight is 326 g/mol. The van der Waals surface area contributed by atoms with Gasteiger partial charge in [-0.05, 0) is 60.2 Å². The van der Waals surface area contributed by atoms with Crippen LogP contribution >= 0.6 is 9.24 Å². The third-order valence-electron chi connectivity index (χ3n) is 4.83. The number of hydrogen-bond donors (Lipinski definition) is 0. The number of allylic oxidation sites excluding steroid dienone is 3. The summed E-state index contributed by atoms with van der Waals surface area (Å²) in [6, 6.07) is 8.40. The number of carbonyl (C=O) groups is 1. The van der Waals surface area contributed by atoms with Gasteiger partial charge < -0.3 is 0 Å². The van der Waals surface area contributed by atoms with E-state index >= 15 is 0 Å². The molecule has 1 aliphatic carbocycles. The Morgan fingerprint density at radius 3 is 2.74 bits per heavy atom. The molecule has 0 radical (unpaired) electrons. The molecule has 0 N–H and O–H groups in total. The Morgan fingerprint density at radius 2 is 2.04 bits per heavy atom. The molecule has 0 saturated heterocycles. The van der Waals surface area contributed by atoms with Crippen LogP contribution in [-0.4, -0.2) is 5.78 Å². The first kappa shape index (κ1) is 17.9. The number of hydrogen-bond acceptors (Lipinski definition) is 1. The van der Waals surface area contributed by atoms with Crippen molar-refractivity contribution in [2.45, 2.75) is 53.4 Å². The second-order valence-corrected chi connectivity index (χ2v) is 7.74. The first-order chi connectivity index (χ1) is 10.8. The lowest BCUT2D eigenvalue weighted by atomic mass is 9.71. The number of ketones is 1. The zero-order valence-corrected chi connectivity index (χ0v) is 15.9. The molecule has 0 heterocycles. The van der Waals surface area contributed by atoms with Crippen LogP contribution in [0.3, 0.4) is 0 Å². The van der Waals surface area contributed by atoms with Gasteiger partial charge in [0.15, 0.2) is 5.78 Å². The van der Waals surface area contributed by atoms with Crippen LogP contribution in [0.4, 0.5) is 0 Å². The quantitative estimate of drug-likeness (QED) is 0.566. The molecule has 0 aromatic heterocycles. The van der Waals surface area contributed by atoms with Gasteiger partial charge in [0, 0.05) is 12.8 Å². The van der Waals surface area contributed by atoms with Gasteiger partial charge >= 0.3 is 0 Å². The molecule has 0 bridgehead atoms. The van der Waals surface area contributed by atoms with Crippen molar-refractivity contribution in [3.8, 4) is 0 Å². The minimum Gasteiger partial charge on any atom is -0.295 e. The summed E-state index contributed by atoms with van der Waals surface area (Å²) in [5.41, 5.74) is 8.32. The van der Waals surface area contributed by atoms with Gasteiger partial charge in [-0.25, -0.2) is 0 Å². The predicted octanol–water partition coefficient (Wildman–Crippen LogP) is 4.93. The van der Waals surface area contributed by atoms with Crippen LogP contribution in [0.25, 0.3) is 0 Å². The zero-order chi connectivity index (χ0) is 17.0. The van der Waals surface area contributed by atoms with Crippen molar-refractivity contribution in [1.29, 1.82) is 0 Å². The number of rotatable bonds is 4. The lowest BCUT2D eigenvalue weighted by molar-refractivity contribution is -0.116. The third kappa shape index (κ3) is 4.54. The minimum atomic E-state index is 0.122. The van der Waals surface area contributed by atoms with Gasteiger partial charge in [-0.3, -0.25) is 4.79 Å². The molecule has 1 aromatic carbocycles. The summed E-state index contributed by atoms with van der Waals surface area (Å²) in [4.78, 5) is 12.0. The summed E-state index contributed by atoms with van der Waals surface area (Å²) in [5, 5.41) is 1.24. The van der Waals surface area contributed by atoms with Gasteiger partial charge in [-0.1, -0.05) is 43.7 Å². The van der Waals surface area contributed by atoms with E-state index in [0.717, 1.165) is 24.8 Å². The highest BCUT2D eigenvalue weighted by Crippen LogP contribution is 2.40. The summed E-state index contributed by atoms with van der Waals surface area (Å²) in [6.07, 6.45) is 5.47. The molecule has 0 spiro atoms. The second kappa shape index (κ2) is 7.43. The van der Waals surface area contributed by atoms with Crippen molar-refractivity contribution in [3.63, 3.8) is 0 Å². The summed E-state index contributed by atoms with van der Waals surface area (Å²) in [7, 11) is 2.79. The summed E-state index contributed by atoms with van der Waals surface area (Å²) >= 11 is 0. The Morgan fingerprint density at radius 1 is 1.35 bits per heavy atom. The van der Waals surface area contributed by atoms with Crippen molar-refractivity contribution >= 4 is 20.3 Å². The van der Waals surface area contributed by atoms with Gasteiger partial charge in [-0.2, -0.15) is 0 Å². The van der Waals surface area contributed by atoms with E-state index in [1.807, 2.05) is 6.92 Å². The van der Waals surface area contributed by atoms with Gasteiger partial charge in [-0.15, -0.1) is 15.0 Å². The molecule has 0 aliphatic heterocycles. The monoisotopic (exact) mass is 326 g/mol. The Bertz CT molecular complexity index is 700. The van der Waals surface area contributed by atoms with Crippen LogP contribution in [0.2, 0.25) is 0 Å². The maximum atomic E-state index is 12.0. The van der Waals surface area contributed by atoms with E-state index in [2.05, 4.69) is 66.1 Å². The molecule has 1 nitrogen and oxygen atoms in total. The first-order valence-electron chi connectivity index (χ1n) is 8.28. The predicted molar refractivity (Wildman–Crippen MR) is 102 cm³/mol. The SMILES string of the molecule is CC(=C=CCC1=C(C)C(=O)CCC1(C)C)Cc1ccccc1P. The fraction of sp³-hybridized carbons (Fsp3) is 0.429. The van der Waals surface area contributed by atoms with E-state index in [9.17, 15) is 4.79 Å². The maximum absolute atomic E-state index is 12.0. The van der Waals surface area contributed by atoms with Gasteiger partial charge in [0.1, 0.15) is 0 Å². The average Bonchev–Trinajstić information content (AvgIpc) is 2.49. The molecule has 1 aromatic rings. The molecule has 0 saturated carbocycles. The lowest BCUT2D eigenvalue weighted by Crippen LogP contribution is -2.25. The molecule has 2 rings (SSSR count). The maximum Gasteiger partial charge on any atom is 0.158 e. The highest BCUT2D eigenvalue weighted by atomic mass is 31.0. The molecule has 1 unspecified atom stereocenters. The van der Waals surface area contributed by atoms with E-state index in [1.54, 1.807) is 0 Å². The van der Waals surface area contributed by atoms with E-state index in [1.165, 1.54) is 22.0 Å². The Balaban J connectivity index is 2.15. The fourth-order valence-electron chi connectivity index (χ4n) is 3.23. The Hall–Kier alpha value is -1.42.